The van der Waals surface area contributed by atoms with Crippen LogP contribution in [0.5, 0.6) is 5.75 Å². The fraction of sp³-hybridized carbons (Fsp3) is 0.143. The van der Waals surface area contributed by atoms with Crippen molar-refractivity contribution in [3.05, 3.63) is 52.9 Å². The summed E-state index contributed by atoms with van der Waals surface area (Å²) in [6.07, 6.45) is 1.65. The highest BCUT2D eigenvalue weighted by atomic mass is 35.5. The van der Waals surface area contributed by atoms with Gasteiger partial charge in [0.25, 0.3) is 5.91 Å². The third kappa shape index (κ3) is 3.93. The van der Waals surface area contributed by atoms with Gasteiger partial charge in [-0.05, 0) is 36.8 Å². The lowest BCUT2D eigenvalue weighted by Gasteiger charge is -2.08. The number of anilines is 1. The van der Waals surface area contributed by atoms with Crippen LogP contribution in [-0.2, 0) is 4.79 Å². The fourth-order valence-corrected chi connectivity index (χ4v) is 1.68. The topological polar surface area (TPSA) is 51.2 Å². The van der Waals surface area contributed by atoms with Gasteiger partial charge in [-0.25, -0.2) is 9.37 Å². The molecule has 0 radical (unpaired) electrons. The van der Waals surface area contributed by atoms with E-state index >= 15 is 0 Å². The van der Waals surface area contributed by atoms with Gasteiger partial charge in [-0.1, -0.05) is 17.7 Å². The number of aromatic nitrogens is 1. The number of aryl methyl sites for hydroxylation is 1. The first-order chi connectivity index (χ1) is 9.54. The van der Waals surface area contributed by atoms with Crippen LogP contribution in [0.1, 0.15) is 5.56 Å². The van der Waals surface area contributed by atoms with Crippen LogP contribution in [0.2, 0.25) is 5.02 Å². The van der Waals surface area contributed by atoms with E-state index in [2.05, 4.69) is 10.3 Å². The number of nitrogens with one attached hydrogen (secondary N) is 1. The van der Waals surface area contributed by atoms with Crippen LogP contribution in [0.15, 0.2) is 36.5 Å². The van der Waals surface area contributed by atoms with Crippen molar-refractivity contribution in [2.24, 2.45) is 0 Å². The molecule has 1 N–H and O–H groups in total. The van der Waals surface area contributed by atoms with Crippen molar-refractivity contribution in [1.29, 1.82) is 0 Å². The predicted octanol–water partition coefficient (Wildman–Crippen LogP) is 3.20. The fourth-order valence-electron chi connectivity index (χ4n) is 1.46. The van der Waals surface area contributed by atoms with E-state index in [1.807, 2.05) is 13.0 Å². The number of hydrogen-bond acceptors (Lipinski definition) is 3. The Morgan fingerprint density at radius 1 is 1.40 bits per heavy atom. The Balaban J connectivity index is 1.90. The molecule has 2 rings (SSSR count). The molecule has 1 heterocycles. The SMILES string of the molecule is Cc1ccc(NC(=O)COc2ccc(F)cc2Cl)nc1. The lowest BCUT2D eigenvalue weighted by molar-refractivity contribution is -0.118. The first-order valence-electron chi connectivity index (χ1n) is 5.85. The van der Waals surface area contributed by atoms with Gasteiger partial charge in [0.05, 0.1) is 5.02 Å². The Morgan fingerprint density at radius 2 is 2.20 bits per heavy atom. The van der Waals surface area contributed by atoms with Gasteiger partial charge in [-0.3, -0.25) is 4.79 Å². The molecule has 104 valence electrons. The highest BCUT2D eigenvalue weighted by Crippen LogP contribution is 2.24. The van der Waals surface area contributed by atoms with Crippen molar-refractivity contribution in [2.45, 2.75) is 6.92 Å². The molecule has 0 saturated heterocycles. The molecule has 20 heavy (non-hydrogen) atoms. The van der Waals surface area contributed by atoms with E-state index in [1.54, 1.807) is 12.3 Å². The van der Waals surface area contributed by atoms with E-state index in [0.717, 1.165) is 11.6 Å². The molecule has 0 aliphatic rings. The normalized spacial score (nSPS) is 10.2. The van der Waals surface area contributed by atoms with Gasteiger partial charge in [0, 0.05) is 6.20 Å². The number of ether oxygens (including phenoxy) is 1. The Hall–Kier alpha value is -2.14. The number of halogens is 2. The molecule has 0 spiro atoms. The predicted molar refractivity (Wildman–Crippen MR) is 74.5 cm³/mol. The first-order valence-corrected chi connectivity index (χ1v) is 6.23. The number of nitrogens with zero attached hydrogens (tertiary/aromatic N) is 1. The van der Waals surface area contributed by atoms with Gasteiger partial charge in [-0.15, -0.1) is 0 Å². The summed E-state index contributed by atoms with van der Waals surface area (Å²) < 4.78 is 18.0. The van der Waals surface area contributed by atoms with E-state index in [9.17, 15) is 9.18 Å². The van der Waals surface area contributed by atoms with Gasteiger partial charge in [0.1, 0.15) is 17.4 Å². The Bertz CT molecular complexity index is 617. The number of carbonyl (C=O) groups is 1. The maximum absolute atomic E-state index is 12.8. The van der Waals surface area contributed by atoms with Crippen molar-refractivity contribution in [3.63, 3.8) is 0 Å². The molecule has 0 fully saturated rings. The number of carbonyl (C=O) groups excluding carboxylic acids is 1. The van der Waals surface area contributed by atoms with Crippen LogP contribution in [0, 0.1) is 12.7 Å². The maximum atomic E-state index is 12.8. The number of rotatable bonds is 4. The zero-order chi connectivity index (χ0) is 14.5. The average Bonchev–Trinajstić information content (AvgIpc) is 2.40. The molecule has 0 aliphatic carbocycles. The lowest BCUT2D eigenvalue weighted by Crippen LogP contribution is -2.20. The summed E-state index contributed by atoms with van der Waals surface area (Å²) in [5.74, 6) is -0.146. The summed E-state index contributed by atoms with van der Waals surface area (Å²) in [4.78, 5) is 15.7. The molecule has 0 saturated carbocycles. The third-order valence-corrected chi connectivity index (χ3v) is 2.73. The molecule has 2 aromatic rings. The molecule has 6 heteroatoms. The standard InChI is InChI=1S/C14H12ClFN2O2/c1-9-2-5-13(17-7-9)18-14(19)8-20-12-4-3-10(16)6-11(12)15/h2-7H,8H2,1H3,(H,17,18,19). The van der Waals surface area contributed by atoms with Gasteiger partial charge >= 0.3 is 0 Å². The summed E-state index contributed by atoms with van der Waals surface area (Å²) in [5, 5.41) is 2.69. The van der Waals surface area contributed by atoms with E-state index in [1.165, 1.54) is 12.1 Å². The summed E-state index contributed by atoms with van der Waals surface area (Å²) >= 11 is 5.78. The molecule has 0 aliphatic heterocycles. The molecule has 0 unspecified atom stereocenters. The number of benzene rings is 1. The van der Waals surface area contributed by atoms with Gasteiger partial charge in [0.2, 0.25) is 0 Å². The molecular formula is C14H12ClFN2O2. The van der Waals surface area contributed by atoms with E-state index in [4.69, 9.17) is 16.3 Å². The van der Waals surface area contributed by atoms with Crippen LogP contribution in [-0.4, -0.2) is 17.5 Å². The first kappa shape index (κ1) is 14.3. The second-order valence-corrected chi connectivity index (χ2v) is 4.54. The second-order valence-electron chi connectivity index (χ2n) is 4.13. The Morgan fingerprint density at radius 3 is 2.85 bits per heavy atom. The average molecular weight is 295 g/mol. The summed E-state index contributed by atoms with van der Waals surface area (Å²) in [5.41, 5.74) is 0.998. The van der Waals surface area contributed by atoms with Gasteiger partial charge in [-0.2, -0.15) is 0 Å². The van der Waals surface area contributed by atoms with Crippen LogP contribution in [0.4, 0.5) is 10.2 Å². The zero-order valence-corrected chi connectivity index (χ0v) is 11.4. The van der Waals surface area contributed by atoms with Crippen LogP contribution >= 0.6 is 11.6 Å². The Kier molecular flexibility index (Phi) is 4.53. The van der Waals surface area contributed by atoms with Crippen LogP contribution < -0.4 is 10.1 Å². The minimum atomic E-state index is -0.462. The maximum Gasteiger partial charge on any atom is 0.263 e. The third-order valence-electron chi connectivity index (χ3n) is 2.43. The minimum Gasteiger partial charge on any atom is -0.482 e. The lowest BCUT2D eigenvalue weighted by atomic mass is 10.3. The van der Waals surface area contributed by atoms with Crippen LogP contribution in [0.3, 0.4) is 0 Å². The van der Waals surface area contributed by atoms with E-state index < -0.39 is 5.82 Å². The highest BCUT2D eigenvalue weighted by molar-refractivity contribution is 6.32. The van der Waals surface area contributed by atoms with Crippen molar-refractivity contribution in [3.8, 4) is 5.75 Å². The molecule has 4 nitrogen and oxygen atoms in total. The number of hydrogen-bond donors (Lipinski definition) is 1. The van der Waals surface area contributed by atoms with Crippen molar-refractivity contribution in [1.82, 2.24) is 4.98 Å². The van der Waals surface area contributed by atoms with E-state index in [-0.39, 0.29) is 23.3 Å². The second kappa shape index (κ2) is 6.34. The summed E-state index contributed by atoms with van der Waals surface area (Å²) in [7, 11) is 0. The highest BCUT2D eigenvalue weighted by Gasteiger charge is 2.07. The monoisotopic (exact) mass is 294 g/mol. The molecule has 1 aromatic carbocycles. The van der Waals surface area contributed by atoms with Gasteiger partial charge in [0.15, 0.2) is 6.61 Å². The van der Waals surface area contributed by atoms with Crippen LogP contribution in [0.25, 0.3) is 0 Å². The quantitative estimate of drug-likeness (QED) is 0.942. The van der Waals surface area contributed by atoms with E-state index in [0.29, 0.717) is 5.82 Å². The smallest absolute Gasteiger partial charge is 0.263 e. The van der Waals surface area contributed by atoms with Crippen molar-refractivity contribution in [2.75, 3.05) is 11.9 Å². The molecule has 1 amide bonds. The number of amides is 1. The molecular weight excluding hydrogens is 283 g/mol. The van der Waals surface area contributed by atoms with Crippen molar-refractivity contribution >= 4 is 23.3 Å². The molecule has 0 atom stereocenters. The minimum absolute atomic E-state index is 0.117. The molecule has 1 aromatic heterocycles. The van der Waals surface area contributed by atoms with Crippen molar-refractivity contribution < 1.29 is 13.9 Å². The van der Waals surface area contributed by atoms with Gasteiger partial charge < -0.3 is 10.1 Å². The largest absolute Gasteiger partial charge is 0.482 e. The number of pyridine rings is 1. The molecule has 0 bridgehead atoms. The zero-order valence-electron chi connectivity index (χ0n) is 10.7. The Labute approximate surface area is 120 Å². The summed E-state index contributed by atoms with van der Waals surface area (Å²) in [6.45, 7) is 1.67. The summed E-state index contributed by atoms with van der Waals surface area (Å²) in [6, 6.07) is 7.23.